The number of aromatic nitrogens is 1. The summed E-state index contributed by atoms with van der Waals surface area (Å²) in [5, 5.41) is 15.5. The summed E-state index contributed by atoms with van der Waals surface area (Å²) < 4.78 is 29.3. The van der Waals surface area contributed by atoms with Gasteiger partial charge in [0.25, 0.3) is 5.91 Å². The zero-order valence-corrected chi connectivity index (χ0v) is 29.4. The molecule has 1 aromatic heterocycles. The van der Waals surface area contributed by atoms with Gasteiger partial charge in [-0.15, -0.1) is 0 Å². The van der Waals surface area contributed by atoms with Gasteiger partial charge in [-0.2, -0.15) is 0 Å². The van der Waals surface area contributed by atoms with E-state index in [0.29, 0.717) is 30.6 Å². The summed E-state index contributed by atoms with van der Waals surface area (Å²) in [7, 11) is 0. The van der Waals surface area contributed by atoms with E-state index in [9.17, 15) is 19.1 Å². The van der Waals surface area contributed by atoms with Crippen molar-refractivity contribution in [1.82, 2.24) is 9.88 Å². The van der Waals surface area contributed by atoms with Crippen molar-refractivity contribution >= 4 is 17.7 Å². The van der Waals surface area contributed by atoms with E-state index in [2.05, 4.69) is 29.0 Å². The quantitative estimate of drug-likeness (QED) is 0.156. The molecule has 1 aliphatic heterocycles. The van der Waals surface area contributed by atoms with Crippen LogP contribution in [-0.4, -0.2) is 45.7 Å². The number of nitrogens with zero attached hydrogens (tertiary/aromatic N) is 1. The number of hydrogen-bond acceptors (Lipinski definition) is 4. The average molecular weight is 670 g/mol. The largest absolute Gasteiger partial charge is 0.465 e. The number of nitrogens with one attached hydrogen (secondary N) is 2. The van der Waals surface area contributed by atoms with Crippen molar-refractivity contribution in [1.29, 1.82) is 0 Å². The molecule has 8 nitrogen and oxygen atoms in total. The Labute approximate surface area is 288 Å². The van der Waals surface area contributed by atoms with Gasteiger partial charge in [-0.05, 0) is 79.1 Å². The summed E-state index contributed by atoms with van der Waals surface area (Å²) in [4.78, 5) is 26.2. The molecule has 0 radical (unpaired) electrons. The van der Waals surface area contributed by atoms with Crippen molar-refractivity contribution in [2.24, 2.45) is 5.41 Å². The number of halogens is 1. The first-order chi connectivity index (χ1) is 23.1. The van der Waals surface area contributed by atoms with Crippen molar-refractivity contribution in [2.45, 2.75) is 97.8 Å². The molecule has 0 saturated carbocycles. The summed E-state index contributed by atoms with van der Waals surface area (Å²) in [6.07, 6.45) is -0.772. The lowest BCUT2D eigenvalue weighted by molar-refractivity contribution is -0.308. The minimum Gasteiger partial charge on any atom is -0.465 e. The van der Waals surface area contributed by atoms with Crippen LogP contribution in [-0.2, 0) is 16.0 Å². The Kier molecular flexibility index (Phi) is 10.6. The number of carbonyl (C=O) groups is 2. The second-order valence-corrected chi connectivity index (χ2v) is 14.6. The van der Waals surface area contributed by atoms with E-state index >= 15 is 0 Å². The van der Waals surface area contributed by atoms with Gasteiger partial charge in [-0.1, -0.05) is 83.1 Å². The maximum Gasteiger partial charge on any atom is 0.404 e. The molecule has 0 aliphatic carbocycles. The molecule has 3 unspecified atom stereocenters. The maximum absolute atomic E-state index is 14.4. The maximum atomic E-state index is 14.4. The number of carbonyl (C=O) groups excluding carboxylic acids is 1. The molecule has 2 amide bonds. The lowest BCUT2D eigenvalue weighted by Gasteiger charge is -2.46. The molecule has 2 heterocycles. The number of ether oxygens (including phenoxy) is 2. The van der Waals surface area contributed by atoms with Gasteiger partial charge in [-0.3, -0.25) is 4.79 Å². The van der Waals surface area contributed by atoms with E-state index in [0.717, 1.165) is 28.1 Å². The predicted octanol–water partition coefficient (Wildman–Crippen LogP) is 9.32. The lowest BCUT2D eigenvalue weighted by Crippen LogP contribution is -2.58. The molecule has 0 spiro atoms. The Morgan fingerprint density at radius 1 is 0.939 bits per heavy atom. The highest BCUT2D eigenvalue weighted by Crippen LogP contribution is 2.43. The summed E-state index contributed by atoms with van der Waals surface area (Å²) in [5.74, 6) is -1.59. The predicted molar refractivity (Wildman–Crippen MR) is 191 cm³/mol. The molecular formula is C40H48FN3O5. The van der Waals surface area contributed by atoms with Crippen LogP contribution in [0, 0.1) is 11.2 Å². The first-order valence-electron chi connectivity index (χ1n) is 16.9. The molecule has 1 aliphatic rings. The number of para-hydroxylation sites is 1. The van der Waals surface area contributed by atoms with Crippen molar-refractivity contribution in [3.63, 3.8) is 0 Å². The summed E-state index contributed by atoms with van der Waals surface area (Å²) in [6.45, 7) is 14.3. The fraction of sp³-hybridized carbons (Fsp3) is 0.400. The van der Waals surface area contributed by atoms with Gasteiger partial charge in [0.15, 0.2) is 5.79 Å². The van der Waals surface area contributed by atoms with Gasteiger partial charge in [-0.25, -0.2) is 9.18 Å². The Bertz CT molecular complexity index is 1740. The Morgan fingerprint density at radius 2 is 1.55 bits per heavy atom. The SMILES string of the molecule is CC(C)c1c(C(=O)Nc2ccccc2)c(-c2ccccc2)c(-c2ccc(F)cc2)n1CCC1CC(C(NC(=O)O)C(C)(C)C)OC(C)(C)O1. The third kappa shape index (κ3) is 8.40. The summed E-state index contributed by atoms with van der Waals surface area (Å²) in [6, 6.07) is 25.1. The molecule has 9 heteroatoms. The smallest absolute Gasteiger partial charge is 0.404 e. The first kappa shape index (κ1) is 35.8. The Morgan fingerprint density at radius 3 is 2.12 bits per heavy atom. The molecule has 49 heavy (non-hydrogen) atoms. The van der Waals surface area contributed by atoms with E-state index in [1.54, 1.807) is 12.1 Å². The van der Waals surface area contributed by atoms with Crippen LogP contribution in [0.4, 0.5) is 14.9 Å². The number of anilines is 1. The van der Waals surface area contributed by atoms with Gasteiger partial charge in [0.1, 0.15) is 5.82 Å². The first-order valence-corrected chi connectivity index (χ1v) is 16.9. The zero-order valence-electron chi connectivity index (χ0n) is 29.4. The van der Waals surface area contributed by atoms with Gasteiger partial charge >= 0.3 is 6.09 Å². The van der Waals surface area contributed by atoms with Crippen molar-refractivity contribution in [2.75, 3.05) is 5.32 Å². The molecule has 3 atom stereocenters. The van der Waals surface area contributed by atoms with Crippen LogP contribution in [0.5, 0.6) is 0 Å². The minimum atomic E-state index is -1.10. The lowest BCUT2D eigenvalue weighted by atomic mass is 9.81. The van der Waals surface area contributed by atoms with Crippen LogP contribution in [0.15, 0.2) is 84.9 Å². The third-order valence-electron chi connectivity index (χ3n) is 8.93. The van der Waals surface area contributed by atoms with Crippen LogP contribution in [0.3, 0.4) is 0 Å². The average Bonchev–Trinajstić information content (AvgIpc) is 3.38. The standard InChI is InChI=1S/C40H48FN3O5/c1-25(2)34-33(37(45)42-29-16-12-9-13-17-29)32(26-14-10-8-11-15-26)35(27-18-20-28(41)21-19-27)44(34)23-22-30-24-31(49-40(6,7)48-30)36(39(3,4)5)43-38(46)47/h8-21,25,30-31,36,43H,22-24H2,1-7H3,(H,42,45)(H,46,47). The zero-order chi connectivity index (χ0) is 35.5. The highest BCUT2D eigenvalue weighted by atomic mass is 19.1. The summed E-state index contributed by atoms with van der Waals surface area (Å²) in [5.41, 5.74) is 4.94. The minimum absolute atomic E-state index is 0.0574. The van der Waals surface area contributed by atoms with E-state index in [-0.39, 0.29) is 23.7 Å². The fourth-order valence-corrected chi connectivity index (χ4v) is 7.01. The van der Waals surface area contributed by atoms with E-state index in [1.807, 2.05) is 95.3 Å². The highest BCUT2D eigenvalue weighted by molar-refractivity contribution is 6.12. The number of rotatable bonds is 10. The molecule has 3 aromatic carbocycles. The van der Waals surface area contributed by atoms with Crippen LogP contribution >= 0.6 is 0 Å². The number of amides is 2. The van der Waals surface area contributed by atoms with Crippen LogP contribution < -0.4 is 10.6 Å². The second-order valence-electron chi connectivity index (χ2n) is 14.6. The molecule has 260 valence electrons. The molecule has 5 rings (SSSR count). The summed E-state index contributed by atoms with van der Waals surface area (Å²) >= 11 is 0. The number of hydrogen-bond donors (Lipinski definition) is 3. The highest BCUT2D eigenvalue weighted by Gasteiger charge is 2.43. The number of benzene rings is 3. The fourth-order valence-electron chi connectivity index (χ4n) is 7.01. The van der Waals surface area contributed by atoms with E-state index in [4.69, 9.17) is 9.47 Å². The van der Waals surface area contributed by atoms with Crippen LogP contribution in [0.1, 0.15) is 83.3 Å². The molecule has 3 N–H and O–H groups in total. The molecule has 1 fully saturated rings. The van der Waals surface area contributed by atoms with E-state index < -0.39 is 29.4 Å². The van der Waals surface area contributed by atoms with Gasteiger partial charge < -0.3 is 29.8 Å². The van der Waals surface area contributed by atoms with Crippen LogP contribution in [0.25, 0.3) is 22.4 Å². The monoisotopic (exact) mass is 669 g/mol. The topological polar surface area (TPSA) is 102 Å². The molecule has 0 bridgehead atoms. The second kappa shape index (κ2) is 14.6. The normalized spacial score (nSPS) is 18.2. The Balaban J connectivity index is 1.64. The van der Waals surface area contributed by atoms with Gasteiger partial charge in [0, 0.05) is 29.9 Å². The Hall–Kier alpha value is -4.47. The van der Waals surface area contributed by atoms with E-state index in [1.165, 1.54) is 12.1 Å². The van der Waals surface area contributed by atoms with Gasteiger partial charge in [0.2, 0.25) is 0 Å². The molecule has 1 saturated heterocycles. The van der Waals surface area contributed by atoms with Gasteiger partial charge in [0.05, 0.1) is 29.5 Å². The molecule has 4 aromatic rings. The third-order valence-corrected chi connectivity index (χ3v) is 8.93. The van der Waals surface area contributed by atoms with Crippen molar-refractivity contribution in [3.8, 4) is 22.4 Å². The molecular weight excluding hydrogens is 621 g/mol. The number of carboxylic acid groups (broad SMARTS) is 1. The van der Waals surface area contributed by atoms with Crippen molar-refractivity contribution in [3.05, 3.63) is 102 Å². The van der Waals surface area contributed by atoms with Crippen LogP contribution in [0.2, 0.25) is 0 Å². The van der Waals surface area contributed by atoms with Crippen molar-refractivity contribution < 1.29 is 28.6 Å².